The highest BCUT2D eigenvalue weighted by atomic mass is 16.7. The van der Waals surface area contributed by atoms with Gasteiger partial charge in [0.2, 0.25) is 12.5 Å². The molecule has 0 bridgehead atoms. The van der Waals surface area contributed by atoms with Gasteiger partial charge in [-0.1, -0.05) is 13.0 Å². The Morgan fingerprint density at radius 3 is 2.85 bits per heavy atom. The standard InChI is InChI=1S/C21H22O6/c1-5-6-13-10-21(24-4)12(2)19(27-18(21)9-15(13)22)14-7-16(23-3)20-17(8-14)25-11-26-20/h5,7-10,12,19H,1,6,11H2,2-4H3/t12-,19+,21-/m1/s1. The van der Waals surface area contributed by atoms with Crippen LogP contribution in [-0.2, 0) is 14.3 Å². The van der Waals surface area contributed by atoms with Crippen LogP contribution in [0.5, 0.6) is 17.2 Å². The molecule has 0 spiro atoms. The molecule has 1 aromatic carbocycles. The summed E-state index contributed by atoms with van der Waals surface area (Å²) < 4.78 is 28.5. The molecule has 1 fully saturated rings. The summed E-state index contributed by atoms with van der Waals surface area (Å²) in [5, 5.41) is 0. The molecule has 0 saturated carbocycles. The first-order chi connectivity index (χ1) is 13.0. The van der Waals surface area contributed by atoms with Crippen LogP contribution in [0.1, 0.15) is 25.0 Å². The third-order valence-corrected chi connectivity index (χ3v) is 5.45. The molecule has 2 aliphatic heterocycles. The molecule has 1 saturated heterocycles. The van der Waals surface area contributed by atoms with Crippen molar-refractivity contribution < 1.29 is 28.5 Å². The fourth-order valence-electron chi connectivity index (χ4n) is 4.00. The summed E-state index contributed by atoms with van der Waals surface area (Å²) >= 11 is 0. The van der Waals surface area contributed by atoms with E-state index in [1.807, 2.05) is 25.1 Å². The smallest absolute Gasteiger partial charge is 0.231 e. The monoisotopic (exact) mass is 370 g/mol. The lowest BCUT2D eigenvalue weighted by molar-refractivity contribution is -0.112. The van der Waals surface area contributed by atoms with E-state index in [1.54, 1.807) is 20.3 Å². The van der Waals surface area contributed by atoms with Crippen LogP contribution in [0.3, 0.4) is 0 Å². The van der Waals surface area contributed by atoms with Gasteiger partial charge in [0.15, 0.2) is 17.3 Å². The number of fused-ring (bicyclic) bond motifs is 2. The van der Waals surface area contributed by atoms with Gasteiger partial charge in [0.25, 0.3) is 0 Å². The van der Waals surface area contributed by atoms with E-state index >= 15 is 0 Å². The van der Waals surface area contributed by atoms with E-state index in [1.165, 1.54) is 6.08 Å². The maximum Gasteiger partial charge on any atom is 0.231 e. The molecule has 0 unspecified atom stereocenters. The highest BCUT2D eigenvalue weighted by Gasteiger charge is 2.54. The van der Waals surface area contributed by atoms with Crippen molar-refractivity contribution in [3.8, 4) is 17.2 Å². The molecular weight excluding hydrogens is 348 g/mol. The molecular formula is C21H22O6. The lowest BCUT2D eigenvalue weighted by atomic mass is 9.78. The van der Waals surface area contributed by atoms with Gasteiger partial charge in [-0.3, -0.25) is 4.79 Å². The lowest BCUT2D eigenvalue weighted by Gasteiger charge is -2.31. The zero-order valence-corrected chi connectivity index (χ0v) is 15.6. The number of hydrogen-bond donors (Lipinski definition) is 0. The Morgan fingerprint density at radius 2 is 2.15 bits per heavy atom. The summed E-state index contributed by atoms with van der Waals surface area (Å²) in [6.07, 6.45) is 5.28. The number of allylic oxidation sites excluding steroid dienone is 3. The van der Waals surface area contributed by atoms with Crippen LogP contribution in [-0.4, -0.2) is 32.4 Å². The third-order valence-electron chi connectivity index (χ3n) is 5.45. The molecule has 0 N–H and O–H groups in total. The second kappa shape index (κ2) is 6.46. The second-order valence-corrected chi connectivity index (χ2v) is 6.82. The Balaban J connectivity index is 1.77. The van der Waals surface area contributed by atoms with Gasteiger partial charge < -0.3 is 23.7 Å². The SMILES string of the molecule is C=CCC1=C[C@]2(OC)C(=CC1=O)O[C@H](c1cc(OC)c3c(c1)OCO3)[C@H]2C. The Bertz CT molecular complexity index is 868. The molecule has 0 aromatic heterocycles. The van der Waals surface area contributed by atoms with Crippen molar-refractivity contribution in [2.24, 2.45) is 5.92 Å². The highest BCUT2D eigenvalue weighted by Crippen LogP contribution is 2.54. The summed E-state index contributed by atoms with van der Waals surface area (Å²) in [5.41, 5.74) is 0.747. The number of hydrogen-bond acceptors (Lipinski definition) is 6. The molecule has 1 aliphatic carbocycles. The Kier molecular flexibility index (Phi) is 4.23. The Morgan fingerprint density at radius 1 is 1.33 bits per heavy atom. The molecule has 3 aliphatic rings. The van der Waals surface area contributed by atoms with Gasteiger partial charge in [0.1, 0.15) is 17.5 Å². The van der Waals surface area contributed by atoms with Crippen LogP contribution in [0.2, 0.25) is 0 Å². The van der Waals surface area contributed by atoms with Gasteiger partial charge in [-0.2, -0.15) is 0 Å². The van der Waals surface area contributed by atoms with E-state index in [9.17, 15) is 4.79 Å². The van der Waals surface area contributed by atoms with E-state index in [0.717, 1.165) is 5.56 Å². The molecule has 142 valence electrons. The van der Waals surface area contributed by atoms with Crippen molar-refractivity contribution >= 4 is 5.78 Å². The largest absolute Gasteiger partial charge is 0.493 e. The molecule has 0 radical (unpaired) electrons. The van der Waals surface area contributed by atoms with E-state index in [0.29, 0.717) is 35.0 Å². The van der Waals surface area contributed by atoms with Gasteiger partial charge >= 0.3 is 0 Å². The molecule has 6 nitrogen and oxygen atoms in total. The zero-order chi connectivity index (χ0) is 19.2. The molecule has 3 atom stereocenters. The molecule has 27 heavy (non-hydrogen) atoms. The van der Waals surface area contributed by atoms with Gasteiger partial charge in [0.05, 0.1) is 7.11 Å². The van der Waals surface area contributed by atoms with Gasteiger partial charge in [-0.15, -0.1) is 6.58 Å². The van der Waals surface area contributed by atoms with Crippen molar-refractivity contribution in [2.75, 3.05) is 21.0 Å². The minimum Gasteiger partial charge on any atom is -0.493 e. The van der Waals surface area contributed by atoms with E-state index in [4.69, 9.17) is 23.7 Å². The predicted molar refractivity (Wildman–Crippen MR) is 97.8 cm³/mol. The maximum atomic E-state index is 12.4. The number of carbonyl (C=O) groups excluding carboxylic acids is 1. The summed E-state index contributed by atoms with van der Waals surface area (Å²) in [4.78, 5) is 12.4. The van der Waals surface area contributed by atoms with Gasteiger partial charge in [0, 0.05) is 30.2 Å². The molecule has 1 aromatic rings. The topological polar surface area (TPSA) is 63.2 Å². The van der Waals surface area contributed by atoms with Crippen molar-refractivity contribution in [1.82, 2.24) is 0 Å². The van der Waals surface area contributed by atoms with Crippen molar-refractivity contribution in [1.29, 1.82) is 0 Å². The van der Waals surface area contributed by atoms with Gasteiger partial charge in [-0.05, 0) is 24.6 Å². The van der Waals surface area contributed by atoms with Crippen LogP contribution in [0.15, 0.2) is 48.3 Å². The maximum absolute atomic E-state index is 12.4. The Labute approximate surface area is 158 Å². The van der Waals surface area contributed by atoms with Crippen molar-refractivity contribution in [2.45, 2.75) is 25.0 Å². The van der Waals surface area contributed by atoms with E-state index < -0.39 is 5.60 Å². The average Bonchev–Trinajstić information content (AvgIpc) is 3.25. The zero-order valence-electron chi connectivity index (χ0n) is 15.6. The lowest BCUT2D eigenvalue weighted by Crippen LogP contribution is -2.38. The number of carbonyl (C=O) groups is 1. The van der Waals surface area contributed by atoms with Crippen LogP contribution in [0.4, 0.5) is 0 Å². The number of ether oxygens (including phenoxy) is 5. The van der Waals surface area contributed by atoms with Crippen molar-refractivity contribution in [3.63, 3.8) is 0 Å². The number of methoxy groups -OCH3 is 2. The normalized spacial score (nSPS) is 28.2. The fraction of sp³-hybridized carbons (Fsp3) is 0.381. The molecule has 2 heterocycles. The number of ketones is 1. The number of benzene rings is 1. The summed E-state index contributed by atoms with van der Waals surface area (Å²) in [6.45, 7) is 5.94. The van der Waals surface area contributed by atoms with Gasteiger partial charge in [-0.25, -0.2) is 0 Å². The van der Waals surface area contributed by atoms with E-state index in [-0.39, 0.29) is 24.6 Å². The predicted octanol–water partition coefficient (Wildman–Crippen LogP) is 3.49. The molecule has 0 amide bonds. The Hall–Kier alpha value is -2.73. The molecule has 6 heteroatoms. The first kappa shape index (κ1) is 17.7. The average molecular weight is 370 g/mol. The first-order valence-electron chi connectivity index (χ1n) is 8.82. The van der Waals surface area contributed by atoms with Crippen molar-refractivity contribution in [3.05, 3.63) is 53.8 Å². The first-order valence-corrected chi connectivity index (χ1v) is 8.82. The minimum atomic E-state index is -0.791. The van der Waals surface area contributed by atoms with Crippen LogP contribution in [0, 0.1) is 5.92 Å². The van der Waals surface area contributed by atoms with Crippen LogP contribution in [0.25, 0.3) is 0 Å². The fourth-order valence-corrected chi connectivity index (χ4v) is 4.00. The summed E-state index contributed by atoms with van der Waals surface area (Å²) in [6, 6.07) is 3.77. The quantitative estimate of drug-likeness (QED) is 0.740. The van der Waals surface area contributed by atoms with Crippen LogP contribution < -0.4 is 14.2 Å². The van der Waals surface area contributed by atoms with Crippen LogP contribution >= 0.6 is 0 Å². The second-order valence-electron chi connectivity index (χ2n) is 6.82. The highest BCUT2D eigenvalue weighted by molar-refractivity contribution is 6.06. The molecule has 4 rings (SSSR count). The summed E-state index contributed by atoms with van der Waals surface area (Å²) in [7, 11) is 3.22. The number of rotatable bonds is 5. The minimum absolute atomic E-state index is 0.0753. The third kappa shape index (κ3) is 2.55. The van der Waals surface area contributed by atoms with E-state index in [2.05, 4.69) is 6.58 Å². The summed E-state index contributed by atoms with van der Waals surface area (Å²) in [5.74, 6) is 2.17.